The highest BCUT2D eigenvalue weighted by molar-refractivity contribution is 5.96. The molecule has 9 heteroatoms. The number of aromatic nitrogens is 1. The number of esters is 1. The average Bonchev–Trinajstić information content (AvgIpc) is 3.39. The van der Waals surface area contributed by atoms with Crippen LogP contribution in [0.1, 0.15) is 19.4 Å². The van der Waals surface area contributed by atoms with Gasteiger partial charge >= 0.3 is 5.97 Å². The summed E-state index contributed by atoms with van der Waals surface area (Å²) in [7, 11) is 0. The van der Waals surface area contributed by atoms with Crippen LogP contribution in [0.25, 0.3) is 10.9 Å². The first-order valence-corrected chi connectivity index (χ1v) is 10.1. The van der Waals surface area contributed by atoms with Crippen LogP contribution in [0.4, 0.5) is 5.69 Å². The number of para-hydroxylation sites is 1. The lowest BCUT2D eigenvalue weighted by Crippen LogP contribution is -2.44. The fraction of sp³-hybridized carbons (Fsp3) is 0.261. The summed E-state index contributed by atoms with van der Waals surface area (Å²) in [5.74, 6) is -0.455. The van der Waals surface area contributed by atoms with Gasteiger partial charge in [-0.05, 0) is 30.7 Å². The van der Waals surface area contributed by atoms with Crippen molar-refractivity contribution in [3.05, 3.63) is 54.2 Å². The summed E-state index contributed by atoms with van der Waals surface area (Å²) in [6, 6.07) is 11.7. The van der Waals surface area contributed by atoms with E-state index in [9.17, 15) is 14.4 Å². The first-order valence-electron chi connectivity index (χ1n) is 10.1. The molecule has 0 spiro atoms. The van der Waals surface area contributed by atoms with E-state index in [1.807, 2.05) is 24.3 Å². The smallest absolute Gasteiger partial charge is 0.329 e. The minimum absolute atomic E-state index is 0.127. The van der Waals surface area contributed by atoms with Gasteiger partial charge in [-0.15, -0.1) is 0 Å². The number of carbonyl (C=O) groups excluding carboxylic acids is 3. The molecule has 1 aliphatic rings. The molecule has 0 saturated carbocycles. The summed E-state index contributed by atoms with van der Waals surface area (Å²) in [6.07, 6.45) is 0.939. The van der Waals surface area contributed by atoms with Gasteiger partial charge in [0.25, 0.3) is 5.91 Å². The molecule has 0 aliphatic carbocycles. The standard InChI is InChI=1S/C23H23N3O6/c1-13(22(28)26-16-7-8-20-21(10-16)31-12-30-20)32-23(29)19(25-14(2)27)9-15-11-24-18-6-4-3-5-17(15)18/h3-8,10-11,13,19,24H,9,12H2,1-2H3,(H,25,27)(H,26,28)/t13-,19-/m0/s1. The van der Waals surface area contributed by atoms with Crippen molar-refractivity contribution in [1.82, 2.24) is 10.3 Å². The highest BCUT2D eigenvalue weighted by Gasteiger charge is 2.27. The summed E-state index contributed by atoms with van der Waals surface area (Å²) in [6.45, 7) is 2.92. The molecule has 0 radical (unpaired) electrons. The number of aromatic amines is 1. The number of carbonyl (C=O) groups is 3. The maximum Gasteiger partial charge on any atom is 0.329 e. The second-order valence-electron chi connectivity index (χ2n) is 7.45. The SMILES string of the molecule is CC(=O)N[C@@H](Cc1c[nH]c2ccccc12)C(=O)O[C@@H](C)C(=O)Nc1ccc2c(c1)OCO2. The minimum atomic E-state index is -1.08. The second-order valence-corrected chi connectivity index (χ2v) is 7.45. The van der Waals surface area contributed by atoms with E-state index >= 15 is 0 Å². The molecule has 2 atom stereocenters. The van der Waals surface area contributed by atoms with Gasteiger partial charge in [0.15, 0.2) is 17.6 Å². The molecule has 0 bridgehead atoms. The van der Waals surface area contributed by atoms with Crippen molar-refractivity contribution < 1.29 is 28.6 Å². The van der Waals surface area contributed by atoms with Gasteiger partial charge in [0.1, 0.15) is 6.04 Å². The summed E-state index contributed by atoms with van der Waals surface area (Å²) >= 11 is 0. The molecule has 166 valence electrons. The average molecular weight is 437 g/mol. The Hall–Kier alpha value is -4.01. The van der Waals surface area contributed by atoms with Crippen molar-refractivity contribution in [2.75, 3.05) is 12.1 Å². The van der Waals surface area contributed by atoms with Gasteiger partial charge < -0.3 is 29.8 Å². The maximum atomic E-state index is 12.8. The third kappa shape index (κ3) is 4.66. The van der Waals surface area contributed by atoms with Crippen molar-refractivity contribution in [2.45, 2.75) is 32.4 Å². The molecule has 3 aromatic rings. The Morgan fingerprint density at radius 1 is 1.12 bits per heavy atom. The number of hydrogen-bond acceptors (Lipinski definition) is 6. The van der Waals surface area contributed by atoms with E-state index in [4.69, 9.17) is 14.2 Å². The Morgan fingerprint density at radius 2 is 1.91 bits per heavy atom. The Labute approximate surface area is 184 Å². The zero-order valence-electron chi connectivity index (χ0n) is 17.6. The lowest BCUT2D eigenvalue weighted by atomic mass is 10.0. The predicted octanol–water partition coefficient (Wildman–Crippen LogP) is 2.51. The Kier molecular flexibility index (Phi) is 5.98. The molecule has 32 heavy (non-hydrogen) atoms. The van der Waals surface area contributed by atoms with Crippen LogP contribution in [-0.2, 0) is 25.5 Å². The predicted molar refractivity (Wildman–Crippen MR) is 116 cm³/mol. The van der Waals surface area contributed by atoms with Crippen molar-refractivity contribution in [2.24, 2.45) is 0 Å². The molecule has 0 fully saturated rings. The fourth-order valence-corrected chi connectivity index (χ4v) is 3.49. The van der Waals surface area contributed by atoms with E-state index in [2.05, 4.69) is 15.6 Å². The van der Waals surface area contributed by atoms with E-state index < -0.39 is 24.0 Å². The molecule has 3 N–H and O–H groups in total. The van der Waals surface area contributed by atoms with Crippen molar-refractivity contribution in [3.8, 4) is 11.5 Å². The van der Waals surface area contributed by atoms with Gasteiger partial charge in [0.05, 0.1) is 0 Å². The fourth-order valence-electron chi connectivity index (χ4n) is 3.49. The lowest BCUT2D eigenvalue weighted by Gasteiger charge is -2.20. The largest absolute Gasteiger partial charge is 0.454 e. The monoisotopic (exact) mass is 437 g/mol. The molecule has 2 amide bonds. The molecule has 9 nitrogen and oxygen atoms in total. The van der Waals surface area contributed by atoms with E-state index in [0.29, 0.717) is 17.2 Å². The zero-order chi connectivity index (χ0) is 22.7. The quantitative estimate of drug-likeness (QED) is 0.489. The summed E-state index contributed by atoms with van der Waals surface area (Å²) < 4.78 is 15.9. The van der Waals surface area contributed by atoms with Crippen LogP contribution < -0.4 is 20.1 Å². The molecular formula is C23H23N3O6. The molecule has 1 aliphatic heterocycles. The molecule has 2 aromatic carbocycles. The van der Waals surface area contributed by atoms with Gasteiger partial charge in [0.2, 0.25) is 12.7 Å². The lowest BCUT2D eigenvalue weighted by molar-refractivity contribution is -0.156. The number of anilines is 1. The van der Waals surface area contributed by atoms with E-state index in [1.54, 1.807) is 24.4 Å². The number of amides is 2. The van der Waals surface area contributed by atoms with E-state index in [0.717, 1.165) is 16.5 Å². The van der Waals surface area contributed by atoms with Crippen molar-refractivity contribution in [3.63, 3.8) is 0 Å². The summed E-state index contributed by atoms with van der Waals surface area (Å²) in [5, 5.41) is 6.25. The van der Waals surface area contributed by atoms with Crippen LogP contribution in [-0.4, -0.2) is 41.7 Å². The van der Waals surface area contributed by atoms with Crippen molar-refractivity contribution >= 4 is 34.4 Å². The first-order chi connectivity index (χ1) is 15.4. The number of nitrogens with one attached hydrogen (secondary N) is 3. The highest BCUT2D eigenvalue weighted by atomic mass is 16.7. The molecule has 0 unspecified atom stereocenters. The molecule has 4 rings (SSSR count). The Bertz CT molecular complexity index is 1170. The van der Waals surface area contributed by atoms with Crippen LogP contribution in [0.15, 0.2) is 48.7 Å². The Morgan fingerprint density at radius 3 is 2.72 bits per heavy atom. The highest BCUT2D eigenvalue weighted by Crippen LogP contribution is 2.34. The van der Waals surface area contributed by atoms with Gasteiger partial charge in [-0.2, -0.15) is 0 Å². The molecule has 0 saturated heterocycles. The number of fused-ring (bicyclic) bond motifs is 2. The number of ether oxygens (including phenoxy) is 3. The molecule has 1 aromatic heterocycles. The molecule has 2 heterocycles. The number of H-pyrrole nitrogens is 1. The first kappa shape index (κ1) is 21.2. The topological polar surface area (TPSA) is 119 Å². The maximum absolute atomic E-state index is 12.8. The van der Waals surface area contributed by atoms with Crippen LogP contribution in [0, 0.1) is 0 Å². The van der Waals surface area contributed by atoms with Gasteiger partial charge in [-0.3, -0.25) is 9.59 Å². The van der Waals surface area contributed by atoms with E-state index in [1.165, 1.54) is 13.8 Å². The van der Waals surface area contributed by atoms with E-state index in [-0.39, 0.29) is 19.1 Å². The third-order valence-corrected chi connectivity index (χ3v) is 5.06. The van der Waals surface area contributed by atoms with Gasteiger partial charge in [-0.1, -0.05) is 18.2 Å². The zero-order valence-corrected chi connectivity index (χ0v) is 17.6. The summed E-state index contributed by atoms with van der Waals surface area (Å²) in [4.78, 5) is 40.1. The van der Waals surface area contributed by atoms with Crippen molar-refractivity contribution in [1.29, 1.82) is 0 Å². The number of benzene rings is 2. The third-order valence-electron chi connectivity index (χ3n) is 5.06. The minimum Gasteiger partial charge on any atom is -0.454 e. The summed E-state index contributed by atoms with van der Waals surface area (Å²) in [5.41, 5.74) is 2.27. The second kappa shape index (κ2) is 9.01. The number of rotatable bonds is 7. The van der Waals surface area contributed by atoms with Crippen LogP contribution >= 0.6 is 0 Å². The van der Waals surface area contributed by atoms with Gasteiger partial charge in [-0.25, -0.2) is 4.79 Å². The van der Waals surface area contributed by atoms with Crippen LogP contribution in [0.3, 0.4) is 0 Å². The van der Waals surface area contributed by atoms with Crippen LogP contribution in [0.5, 0.6) is 11.5 Å². The number of hydrogen-bond donors (Lipinski definition) is 3. The Balaban J connectivity index is 1.41. The molecular weight excluding hydrogens is 414 g/mol. The normalized spacial score (nSPS) is 13.9. The van der Waals surface area contributed by atoms with Crippen LogP contribution in [0.2, 0.25) is 0 Å². The van der Waals surface area contributed by atoms with Gasteiger partial charge in [0, 0.05) is 42.2 Å².